The minimum Gasteiger partial charge on any atom is -0.299 e. The van der Waals surface area contributed by atoms with Crippen molar-refractivity contribution < 1.29 is 4.79 Å². The Kier molecular flexibility index (Phi) is 4.87. The van der Waals surface area contributed by atoms with Crippen molar-refractivity contribution in [2.45, 2.75) is 45.6 Å². The van der Waals surface area contributed by atoms with E-state index in [1.165, 1.54) is 0 Å². The van der Waals surface area contributed by atoms with Crippen LogP contribution in [0.5, 0.6) is 0 Å². The molecule has 100 valence electrons. The third-order valence-electron chi connectivity index (χ3n) is 3.72. The van der Waals surface area contributed by atoms with E-state index in [-0.39, 0.29) is 5.92 Å². The van der Waals surface area contributed by atoms with E-state index in [0.717, 1.165) is 36.5 Å². The summed E-state index contributed by atoms with van der Waals surface area (Å²) in [4.78, 5) is 12.1. The molecule has 18 heavy (non-hydrogen) atoms. The van der Waals surface area contributed by atoms with Crippen LogP contribution in [0.3, 0.4) is 0 Å². The van der Waals surface area contributed by atoms with Crippen molar-refractivity contribution in [3.63, 3.8) is 0 Å². The van der Waals surface area contributed by atoms with Crippen LogP contribution < -0.4 is 0 Å². The maximum Gasteiger partial charge on any atom is 0.142 e. The lowest BCUT2D eigenvalue weighted by atomic mass is 10.0. The molecule has 2 rings (SSSR count). The SMILES string of the molecule is CCC(CC)n1ccc(CC(=O)C2CCSC2)n1. The first-order chi connectivity index (χ1) is 8.74. The molecule has 1 fully saturated rings. The summed E-state index contributed by atoms with van der Waals surface area (Å²) in [6.07, 6.45) is 5.76. The van der Waals surface area contributed by atoms with Crippen molar-refractivity contribution in [3.8, 4) is 0 Å². The molecule has 1 aliphatic rings. The highest BCUT2D eigenvalue weighted by atomic mass is 32.2. The number of hydrogen-bond donors (Lipinski definition) is 0. The van der Waals surface area contributed by atoms with Crippen LogP contribution in [0.25, 0.3) is 0 Å². The standard InChI is InChI=1S/C14H22N2OS/c1-3-13(4-2)16-7-5-12(15-16)9-14(17)11-6-8-18-10-11/h5,7,11,13H,3-4,6,8-10H2,1-2H3. The molecule has 1 aromatic heterocycles. The number of nitrogens with zero attached hydrogens (tertiary/aromatic N) is 2. The van der Waals surface area contributed by atoms with Gasteiger partial charge in [-0.2, -0.15) is 16.9 Å². The molecule has 3 nitrogen and oxygen atoms in total. The first-order valence-corrected chi connectivity index (χ1v) is 8.04. The van der Waals surface area contributed by atoms with Crippen LogP contribution >= 0.6 is 11.8 Å². The first-order valence-electron chi connectivity index (χ1n) is 6.89. The summed E-state index contributed by atoms with van der Waals surface area (Å²) >= 11 is 1.89. The fraction of sp³-hybridized carbons (Fsp3) is 0.714. The van der Waals surface area contributed by atoms with E-state index in [2.05, 4.69) is 18.9 Å². The zero-order valence-corrected chi connectivity index (χ0v) is 12.1. The number of carbonyl (C=O) groups excluding carboxylic acids is 1. The first kappa shape index (κ1) is 13.7. The summed E-state index contributed by atoms with van der Waals surface area (Å²) in [5.41, 5.74) is 0.934. The van der Waals surface area contributed by atoms with Gasteiger partial charge in [0.25, 0.3) is 0 Å². The van der Waals surface area contributed by atoms with Gasteiger partial charge in [-0.1, -0.05) is 13.8 Å². The second kappa shape index (κ2) is 6.41. The summed E-state index contributed by atoms with van der Waals surface area (Å²) in [5.74, 6) is 2.79. The van der Waals surface area contributed by atoms with E-state index in [1.54, 1.807) is 0 Å². The number of thioether (sulfide) groups is 1. The predicted molar refractivity (Wildman–Crippen MR) is 76.0 cm³/mol. The Bertz CT molecular complexity index is 392. The Hall–Kier alpha value is -0.770. The molecule has 1 saturated heterocycles. The van der Waals surface area contributed by atoms with Gasteiger partial charge >= 0.3 is 0 Å². The zero-order chi connectivity index (χ0) is 13.0. The third kappa shape index (κ3) is 3.16. The Morgan fingerprint density at radius 1 is 1.56 bits per heavy atom. The number of carbonyl (C=O) groups is 1. The van der Waals surface area contributed by atoms with Gasteiger partial charge in [-0.25, -0.2) is 0 Å². The normalized spacial score (nSPS) is 19.6. The van der Waals surface area contributed by atoms with E-state index in [1.807, 2.05) is 28.7 Å². The third-order valence-corrected chi connectivity index (χ3v) is 4.88. The lowest BCUT2D eigenvalue weighted by Gasteiger charge is -2.12. The van der Waals surface area contributed by atoms with Crippen molar-refractivity contribution in [2.75, 3.05) is 11.5 Å². The molecule has 1 aromatic rings. The van der Waals surface area contributed by atoms with Gasteiger partial charge in [-0.05, 0) is 31.1 Å². The Morgan fingerprint density at radius 3 is 2.94 bits per heavy atom. The smallest absolute Gasteiger partial charge is 0.142 e. The van der Waals surface area contributed by atoms with Gasteiger partial charge in [0.2, 0.25) is 0 Å². The van der Waals surface area contributed by atoms with E-state index >= 15 is 0 Å². The molecular formula is C14H22N2OS. The second-order valence-corrected chi connectivity index (χ2v) is 6.11. The quantitative estimate of drug-likeness (QED) is 0.793. The molecule has 1 aliphatic heterocycles. The van der Waals surface area contributed by atoms with Crippen molar-refractivity contribution in [3.05, 3.63) is 18.0 Å². The predicted octanol–water partition coefficient (Wildman–Crippen LogP) is 3.11. The van der Waals surface area contributed by atoms with Gasteiger partial charge in [0, 0.05) is 17.9 Å². The van der Waals surface area contributed by atoms with E-state index in [9.17, 15) is 4.79 Å². The number of Topliss-reactive ketones (excluding diaryl/α,β-unsaturated/α-hetero) is 1. The summed E-state index contributed by atoms with van der Waals surface area (Å²) in [6.45, 7) is 4.35. The van der Waals surface area contributed by atoms with Crippen LogP contribution in [0, 0.1) is 5.92 Å². The second-order valence-electron chi connectivity index (χ2n) is 4.96. The van der Waals surface area contributed by atoms with Gasteiger partial charge < -0.3 is 0 Å². The molecule has 0 spiro atoms. The van der Waals surface area contributed by atoms with Crippen LogP contribution in [0.2, 0.25) is 0 Å². The number of hydrogen-bond acceptors (Lipinski definition) is 3. The number of aromatic nitrogens is 2. The van der Waals surface area contributed by atoms with Gasteiger partial charge in [0.1, 0.15) is 5.78 Å². The molecule has 0 radical (unpaired) electrons. The lowest BCUT2D eigenvalue weighted by Crippen LogP contribution is -2.17. The van der Waals surface area contributed by atoms with Crippen LogP contribution in [0.4, 0.5) is 0 Å². The monoisotopic (exact) mass is 266 g/mol. The molecule has 1 unspecified atom stereocenters. The van der Waals surface area contributed by atoms with Gasteiger partial charge in [0.05, 0.1) is 18.2 Å². The highest BCUT2D eigenvalue weighted by Gasteiger charge is 2.23. The number of rotatable bonds is 6. The van der Waals surface area contributed by atoms with Crippen LogP contribution in [-0.4, -0.2) is 27.1 Å². The van der Waals surface area contributed by atoms with Crippen LogP contribution in [0.1, 0.15) is 44.8 Å². The van der Waals surface area contributed by atoms with Gasteiger partial charge in [-0.3, -0.25) is 9.48 Å². The van der Waals surface area contributed by atoms with Crippen molar-refractivity contribution in [1.29, 1.82) is 0 Å². The molecule has 0 N–H and O–H groups in total. The fourth-order valence-electron chi connectivity index (χ4n) is 2.45. The van der Waals surface area contributed by atoms with E-state index < -0.39 is 0 Å². The average Bonchev–Trinajstić information content (AvgIpc) is 3.01. The summed E-state index contributed by atoms with van der Waals surface area (Å²) in [7, 11) is 0. The van der Waals surface area contributed by atoms with Crippen LogP contribution in [-0.2, 0) is 11.2 Å². The van der Waals surface area contributed by atoms with E-state index in [0.29, 0.717) is 18.2 Å². The number of ketones is 1. The molecule has 2 heterocycles. The molecule has 0 saturated carbocycles. The minimum atomic E-state index is 0.272. The Morgan fingerprint density at radius 2 is 2.33 bits per heavy atom. The largest absolute Gasteiger partial charge is 0.299 e. The Balaban J connectivity index is 1.95. The van der Waals surface area contributed by atoms with Crippen molar-refractivity contribution >= 4 is 17.5 Å². The maximum atomic E-state index is 12.1. The minimum absolute atomic E-state index is 0.272. The molecular weight excluding hydrogens is 244 g/mol. The summed E-state index contributed by atoms with van der Waals surface area (Å²) in [5, 5.41) is 4.55. The van der Waals surface area contributed by atoms with E-state index in [4.69, 9.17) is 0 Å². The van der Waals surface area contributed by atoms with Crippen molar-refractivity contribution in [1.82, 2.24) is 9.78 Å². The van der Waals surface area contributed by atoms with Gasteiger partial charge in [0.15, 0.2) is 0 Å². The molecule has 0 aliphatic carbocycles. The van der Waals surface area contributed by atoms with Crippen LogP contribution in [0.15, 0.2) is 12.3 Å². The topological polar surface area (TPSA) is 34.9 Å². The summed E-state index contributed by atoms with van der Waals surface area (Å²) in [6, 6.07) is 2.47. The zero-order valence-electron chi connectivity index (χ0n) is 11.3. The molecule has 4 heteroatoms. The Labute approximate surface area is 113 Å². The fourth-order valence-corrected chi connectivity index (χ4v) is 3.70. The molecule has 0 aromatic carbocycles. The average molecular weight is 266 g/mol. The molecule has 0 amide bonds. The van der Waals surface area contributed by atoms with Crippen molar-refractivity contribution in [2.24, 2.45) is 5.92 Å². The molecule has 0 bridgehead atoms. The summed E-state index contributed by atoms with van der Waals surface area (Å²) < 4.78 is 2.02. The highest BCUT2D eigenvalue weighted by molar-refractivity contribution is 7.99. The highest BCUT2D eigenvalue weighted by Crippen LogP contribution is 2.25. The molecule has 1 atom stereocenters. The maximum absolute atomic E-state index is 12.1. The van der Waals surface area contributed by atoms with Gasteiger partial charge in [-0.15, -0.1) is 0 Å². The lowest BCUT2D eigenvalue weighted by molar-refractivity contribution is -0.121.